The van der Waals surface area contributed by atoms with Gasteiger partial charge in [0.25, 0.3) is 0 Å². The molecule has 41 heavy (non-hydrogen) atoms. The number of halogens is 6. The Bertz CT molecular complexity index is 1290. The Morgan fingerprint density at radius 1 is 0.927 bits per heavy atom. The first kappa shape index (κ1) is 31.6. The highest BCUT2D eigenvalue weighted by Crippen LogP contribution is 2.28. The summed E-state index contributed by atoms with van der Waals surface area (Å²) in [5.41, 5.74) is 3.52. The van der Waals surface area contributed by atoms with Gasteiger partial charge in [0, 0.05) is 44.4 Å². The van der Waals surface area contributed by atoms with E-state index in [9.17, 15) is 26.3 Å². The van der Waals surface area contributed by atoms with Crippen LogP contribution < -0.4 is 4.90 Å². The molecule has 2 N–H and O–H groups in total. The maximum atomic E-state index is 10.6. The zero-order valence-corrected chi connectivity index (χ0v) is 21.9. The number of likely N-dealkylation sites (tertiary alicyclic amines) is 1. The summed E-state index contributed by atoms with van der Waals surface area (Å²) in [7, 11) is 1.97. The van der Waals surface area contributed by atoms with Crippen LogP contribution in [-0.2, 0) is 23.2 Å². The summed E-state index contributed by atoms with van der Waals surface area (Å²) in [6.45, 7) is 5.48. The average Bonchev–Trinajstić information content (AvgIpc) is 3.65. The molecule has 0 spiro atoms. The predicted octanol–water partition coefficient (Wildman–Crippen LogP) is 3.71. The van der Waals surface area contributed by atoms with Crippen LogP contribution in [-0.4, -0.2) is 90.0 Å². The number of pyridine rings is 1. The summed E-state index contributed by atoms with van der Waals surface area (Å²) >= 11 is 0. The molecule has 0 aliphatic carbocycles. The number of hydrogen-bond acceptors (Lipinski definition) is 7. The molecule has 0 radical (unpaired) electrons. The minimum absolute atomic E-state index is 0.463. The first-order chi connectivity index (χ1) is 19.1. The highest BCUT2D eigenvalue weighted by Gasteiger charge is 2.38. The molecular formula is C24H29F6N7O4. The summed E-state index contributed by atoms with van der Waals surface area (Å²) in [4.78, 5) is 27.6. The number of hydrogen-bond donors (Lipinski definition) is 2. The Morgan fingerprint density at radius 2 is 1.49 bits per heavy atom. The van der Waals surface area contributed by atoms with E-state index < -0.39 is 24.3 Å². The number of aliphatic carboxylic acids is 2. The topological polar surface area (TPSA) is 129 Å². The maximum absolute atomic E-state index is 10.6. The van der Waals surface area contributed by atoms with Crippen molar-refractivity contribution in [3.63, 3.8) is 0 Å². The van der Waals surface area contributed by atoms with Gasteiger partial charge < -0.3 is 15.1 Å². The van der Waals surface area contributed by atoms with E-state index in [-0.39, 0.29) is 0 Å². The fraction of sp³-hybridized carbons (Fsp3) is 0.542. The lowest BCUT2D eigenvalue weighted by molar-refractivity contribution is -0.193. The molecule has 3 aromatic heterocycles. The van der Waals surface area contributed by atoms with Gasteiger partial charge in [-0.15, -0.1) is 0 Å². The van der Waals surface area contributed by atoms with Crippen LogP contribution in [0.25, 0.3) is 5.65 Å². The van der Waals surface area contributed by atoms with Crippen LogP contribution >= 0.6 is 0 Å². The van der Waals surface area contributed by atoms with Crippen molar-refractivity contribution in [2.24, 2.45) is 7.05 Å². The minimum Gasteiger partial charge on any atom is -0.475 e. The van der Waals surface area contributed by atoms with Gasteiger partial charge in [-0.1, -0.05) is 0 Å². The van der Waals surface area contributed by atoms with Crippen molar-refractivity contribution in [2.75, 3.05) is 31.1 Å². The number of aromatic nitrogens is 5. The summed E-state index contributed by atoms with van der Waals surface area (Å²) in [6, 6.07) is 4.30. The van der Waals surface area contributed by atoms with Crippen molar-refractivity contribution in [3.05, 3.63) is 42.1 Å². The maximum Gasteiger partial charge on any atom is 0.490 e. The molecule has 2 aliphatic heterocycles. The van der Waals surface area contributed by atoms with E-state index in [1.54, 1.807) is 0 Å². The number of aryl methyl sites for hydroxylation is 1. The smallest absolute Gasteiger partial charge is 0.475 e. The zero-order chi connectivity index (χ0) is 30.4. The number of anilines is 1. The van der Waals surface area contributed by atoms with Crippen LogP contribution in [0, 0.1) is 0 Å². The number of fused-ring (bicyclic) bond motifs is 1. The Labute approximate surface area is 230 Å². The normalized spacial score (nSPS) is 16.6. The van der Waals surface area contributed by atoms with Crippen molar-refractivity contribution < 1.29 is 46.1 Å². The van der Waals surface area contributed by atoms with E-state index in [0.717, 1.165) is 57.0 Å². The van der Waals surface area contributed by atoms with E-state index in [1.807, 2.05) is 22.4 Å². The van der Waals surface area contributed by atoms with Gasteiger partial charge in [0.1, 0.15) is 0 Å². The molecule has 5 heterocycles. The highest BCUT2D eigenvalue weighted by atomic mass is 19.4. The van der Waals surface area contributed by atoms with E-state index in [2.05, 4.69) is 39.4 Å². The second kappa shape index (κ2) is 13.2. The van der Waals surface area contributed by atoms with E-state index in [1.165, 1.54) is 24.1 Å². The molecule has 3 aromatic rings. The van der Waals surface area contributed by atoms with Crippen LogP contribution in [0.5, 0.6) is 0 Å². The van der Waals surface area contributed by atoms with Crippen molar-refractivity contribution in [1.29, 1.82) is 0 Å². The third kappa shape index (κ3) is 9.33. The molecule has 5 rings (SSSR count). The number of carboxylic acid groups (broad SMARTS) is 2. The third-order valence-electron chi connectivity index (χ3n) is 6.41. The molecule has 226 valence electrons. The molecule has 0 bridgehead atoms. The van der Waals surface area contributed by atoms with Gasteiger partial charge in [0.05, 0.1) is 18.1 Å². The lowest BCUT2D eigenvalue weighted by Gasteiger charge is -2.30. The van der Waals surface area contributed by atoms with Gasteiger partial charge in [-0.3, -0.25) is 9.58 Å². The molecule has 2 fully saturated rings. The second-order valence-corrected chi connectivity index (χ2v) is 9.53. The Kier molecular flexibility index (Phi) is 10.2. The van der Waals surface area contributed by atoms with Gasteiger partial charge in [0.2, 0.25) is 0 Å². The van der Waals surface area contributed by atoms with Gasteiger partial charge >= 0.3 is 24.3 Å². The van der Waals surface area contributed by atoms with Crippen molar-refractivity contribution in [1.82, 2.24) is 29.3 Å². The van der Waals surface area contributed by atoms with Crippen LogP contribution in [0.15, 0.2) is 30.7 Å². The van der Waals surface area contributed by atoms with Gasteiger partial charge in [-0.05, 0) is 50.9 Å². The first-order valence-corrected chi connectivity index (χ1v) is 12.5. The van der Waals surface area contributed by atoms with Gasteiger partial charge in [0.15, 0.2) is 11.5 Å². The average molecular weight is 594 g/mol. The lowest BCUT2D eigenvalue weighted by Crippen LogP contribution is -2.32. The molecule has 0 atom stereocenters. The lowest BCUT2D eigenvalue weighted by atomic mass is 9.96. The van der Waals surface area contributed by atoms with Crippen molar-refractivity contribution in [2.45, 2.75) is 50.5 Å². The number of alkyl halides is 6. The standard InChI is InChI=1S/C20H27N7.2C2HF3O2/c1-24-13-16(12-21-24)14-25-10-6-17(7-11-25)20-22-19-5-4-18(15-27(19)23-20)26-8-2-3-9-26;2*3-2(4,5)1(6)7/h4-5,12-13,15,17H,2-3,6-11,14H2,1H3;2*(H,6,7). The molecule has 2 aliphatic rings. The molecule has 2 saturated heterocycles. The zero-order valence-electron chi connectivity index (χ0n) is 21.9. The van der Waals surface area contributed by atoms with Crippen LogP contribution in [0.4, 0.5) is 32.0 Å². The number of carboxylic acids is 2. The number of piperidine rings is 1. The highest BCUT2D eigenvalue weighted by molar-refractivity contribution is 5.73. The van der Waals surface area contributed by atoms with E-state index >= 15 is 0 Å². The van der Waals surface area contributed by atoms with E-state index in [0.29, 0.717) is 5.92 Å². The predicted molar refractivity (Wildman–Crippen MR) is 132 cm³/mol. The summed E-state index contributed by atoms with van der Waals surface area (Å²) in [5, 5.41) is 23.3. The Balaban J connectivity index is 0.000000276. The third-order valence-corrected chi connectivity index (χ3v) is 6.41. The first-order valence-electron chi connectivity index (χ1n) is 12.5. The number of rotatable bonds is 4. The van der Waals surface area contributed by atoms with Crippen LogP contribution in [0.3, 0.4) is 0 Å². The molecule has 0 aromatic carbocycles. The molecular weight excluding hydrogens is 564 g/mol. The largest absolute Gasteiger partial charge is 0.490 e. The number of carbonyl (C=O) groups is 2. The second-order valence-electron chi connectivity index (χ2n) is 9.53. The van der Waals surface area contributed by atoms with Crippen molar-refractivity contribution >= 4 is 23.3 Å². The summed E-state index contributed by atoms with van der Waals surface area (Å²) < 4.78 is 67.3. The fourth-order valence-electron chi connectivity index (χ4n) is 4.39. The molecule has 0 saturated carbocycles. The number of nitrogens with zero attached hydrogens (tertiary/aromatic N) is 7. The monoisotopic (exact) mass is 593 g/mol. The molecule has 11 nitrogen and oxygen atoms in total. The quantitative estimate of drug-likeness (QED) is 0.435. The summed E-state index contributed by atoms with van der Waals surface area (Å²) in [5.74, 6) is -4.04. The fourth-order valence-corrected chi connectivity index (χ4v) is 4.39. The SMILES string of the molecule is Cn1cc(CN2CCC(c3nc4ccc(N5CCCC5)cn4n3)CC2)cn1.O=C(O)C(F)(F)F.O=C(O)C(F)(F)F. The molecule has 0 unspecified atom stereocenters. The molecule has 17 heteroatoms. The van der Waals surface area contributed by atoms with Gasteiger partial charge in [-0.25, -0.2) is 19.1 Å². The van der Waals surface area contributed by atoms with E-state index in [4.69, 9.17) is 29.9 Å². The molecule has 0 amide bonds. The van der Waals surface area contributed by atoms with Crippen molar-refractivity contribution in [3.8, 4) is 0 Å². The summed E-state index contributed by atoms with van der Waals surface area (Å²) in [6.07, 6.45) is 0.874. The van der Waals surface area contributed by atoms with Crippen LogP contribution in [0.1, 0.15) is 43.0 Å². The van der Waals surface area contributed by atoms with Gasteiger partial charge in [-0.2, -0.15) is 36.5 Å². The van der Waals surface area contributed by atoms with Crippen LogP contribution in [0.2, 0.25) is 0 Å². The minimum atomic E-state index is -5.08. The Morgan fingerprint density at radius 3 is 1.98 bits per heavy atom. The Hall–Kier alpha value is -3.89.